The predicted octanol–water partition coefficient (Wildman–Crippen LogP) is 5.76. The first-order chi connectivity index (χ1) is 14.3. The SMILES string of the molecule is O=C(c1ccccc1)N1CC1(c1ccccc1)C1(c2ccccc2)SCCCS1. The molecular weight excluding hydrogens is 394 g/mol. The van der Waals surface area contributed by atoms with Gasteiger partial charge in [-0.05, 0) is 41.2 Å². The van der Waals surface area contributed by atoms with Crippen LogP contribution in [-0.2, 0) is 9.62 Å². The molecule has 4 heteroatoms. The Bertz CT molecular complexity index is 987. The van der Waals surface area contributed by atoms with E-state index in [4.69, 9.17) is 0 Å². The van der Waals surface area contributed by atoms with Gasteiger partial charge in [0.1, 0.15) is 9.62 Å². The maximum absolute atomic E-state index is 13.5. The van der Waals surface area contributed by atoms with Gasteiger partial charge in [0.15, 0.2) is 0 Å². The smallest absolute Gasteiger partial charge is 0.254 e. The van der Waals surface area contributed by atoms with E-state index in [-0.39, 0.29) is 15.5 Å². The molecule has 2 aliphatic rings. The lowest BCUT2D eigenvalue weighted by Gasteiger charge is -2.43. The molecule has 0 N–H and O–H groups in total. The summed E-state index contributed by atoms with van der Waals surface area (Å²) in [5.74, 6) is 2.35. The number of hydrogen-bond donors (Lipinski definition) is 0. The summed E-state index contributed by atoms with van der Waals surface area (Å²) in [4.78, 5) is 15.6. The quantitative estimate of drug-likeness (QED) is 0.503. The zero-order chi connectivity index (χ0) is 19.7. The Labute approximate surface area is 180 Å². The molecule has 5 rings (SSSR count). The molecule has 0 bridgehead atoms. The van der Waals surface area contributed by atoms with Crippen LogP contribution < -0.4 is 0 Å². The van der Waals surface area contributed by atoms with Crippen molar-refractivity contribution in [1.82, 2.24) is 4.90 Å². The lowest BCUT2D eigenvalue weighted by atomic mass is 9.89. The van der Waals surface area contributed by atoms with E-state index in [9.17, 15) is 4.79 Å². The Hall–Kier alpha value is -2.17. The van der Waals surface area contributed by atoms with Crippen LogP contribution >= 0.6 is 23.5 Å². The molecule has 0 saturated carbocycles. The molecule has 2 saturated heterocycles. The lowest BCUT2D eigenvalue weighted by Crippen LogP contribution is -2.41. The van der Waals surface area contributed by atoms with E-state index in [1.54, 1.807) is 0 Å². The maximum Gasteiger partial charge on any atom is 0.254 e. The maximum atomic E-state index is 13.5. The monoisotopic (exact) mass is 417 g/mol. The van der Waals surface area contributed by atoms with E-state index in [1.165, 1.54) is 17.5 Å². The van der Waals surface area contributed by atoms with Gasteiger partial charge in [-0.25, -0.2) is 0 Å². The molecule has 2 fully saturated rings. The molecule has 146 valence electrons. The van der Waals surface area contributed by atoms with E-state index in [0.717, 1.165) is 23.6 Å². The highest BCUT2D eigenvalue weighted by molar-refractivity contribution is 8.18. The van der Waals surface area contributed by atoms with E-state index < -0.39 is 0 Å². The van der Waals surface area contributed by atoms with Crippen LogP contribution in [0.3, 0.4) is 0 Å². The number of hydrogen-bond acceptors (Lipinski definition) is 3. The van der Waals surface area contributed by atoms with E-state index in [1.807, 2.05) is 53.9 Å². The third-order valence-corrected chi connectivity index (χ3v) is 9.51. The summed E-state index contributed by atoms with van der Waals surface area (Å²) in [6.07, 6.45) is 1.21. The van der Waals surface area contributed by atoms with Crippen LogP contribution in [0.15, 0.2) is 91.0 Å². The molecule has 2 nitrogen and oxygen atoms in total. The molecule has 3 aromatic carbocycles. The average molecular weight is 418 g/mol. The molecule has 0 spiro atoms. The summed E-state index contributed by atoms with van der Waals surface area (Å²) in [6, 6.07) is 31.1. The van der Waals surface area contributed by atoms with Gasteiger partial charge in [-0.3, -0.25) is 4.79 Å². The highest BCUT2D eigenvalue weighted by Gasteiger charge is 2.69. The standard InChI is InChI=1S/C25H23NOS2/c27-23(20-11-4-1-5-12-20)26-19-24(26,21-13-6-2-7-14-21)25(28-17-10-18-29-25)22-15-8-3-9-16-22/h1-9,11-16H,10,17-19H2. The van der Waals surface area contributed by atoms with Gasteiger partial charge >= 0.3 is 0 Å². The average Bonchev–Trinajstić information content (AvgIpc) is 3.58. The zero-order valence-corrected chi connectivity index (χ0v) is 17.8. The van der Waals surface area contributed by atoms with Crippen molar-refractivity contribution < 1.29 is 4.79 Å². The second-order valence-electron chi connectivity index (χ2n) is 7.52. The van der Waals surface area contributed by atoms with Gasteiger partial charge in [-0.15, -0.1) is 23.5 Å². The molecule has 2 aliphatic heterocycles. The Kier molecular flexibility index (Phi) is 4.92. The fourth-order valence-corrected chi connectivity index (χ4v) is 8.28. The first-order valence-electron chi connectivity index (χ1n) is 10.0. The number of carbonyl (C=O) groups excluding carboxylic acids is 1. The molecule has 29 heavy (non-hydrogen) atoms. The van der Waals surface area contributed by atoms with Gasteiger partial charge in [0.05, 0.1) is 6.54 Å². The first kappa shape index (κ1) is 18.8. The van der Waals surface area contributed by atoms with Crippen molar-refractivity contribution in [2.45, 2.75) is 16.0 Å². The minimum absolute atomic E-state index is 0.122. The summed E-state index contributed by atoms with van der Waals surface area (Å²) < 4.78 is -0.196. The number of amides is 1. The Balaban J connectivity index is 1.66. The number of nitrogens with zero attached hydrogens (tertiary/aromatic N) is 1. The van der Waals surface area contributed by atoms with Crippen molar-refractivity contribution in [3.8, 4) is 0 Å². The molecule has 1 amide bonds. The van der Waals surface area contributed by atoms with Crippen LogP contribution in [0.4, 0.5) is 0 Å². The van der Waals surface area contributed by atoms with Crippen molar-refractivity contribution in [3.63, 3.8) is 0 Å². The molecule has 1 unspecified atom stereocenters. The topological polar surface area (TPSA) is 20.1 Å². The van der Waals surface area contributed by atoms with Crippen molar-refractivity contribution in [2.75, 3.05) is 18.1 Å². The van der Waals surface area contributed by atoms with Gasteiger partial charge in [-0.1, -0.05) is 78.9 Å². The van der Waals surface area contributed by atoms with Gasteiger partial charge in [-0.2, -0.15) is 0 Å². The van der Waals surface area contributed by atoms with Gasteiger partial charge in [0.2, 0.25) is 0 Å². The van der Waals surface area contributed by atoms with Crippen LogP contribution in [0, 0.1) is 0 Å². The summed E-state index contributed by atoms with van der Waals surface area (Å²) in [6.45, 7) is 0.750. The molecule has 1 atom stereocenters. The summed E-state index contributed by atoms with van der Waals surface area (Å²) in [5.41, 5.74) is 2.97. The largest absolute Gasteiger partial charge is 0.322 e. The number of thioether (sulfide) groups is 2. The zero-order valence-electron chi connectivity index (χ0n) is 16.2. The molecule has 0 aliphatic carbocycles. The van der Waals surface area contributed by atoms with Crippen molar-refractivity contribution >= 4 is 29.4 Å². The summed E-state index contributed by atoms with van der Waals surface area (Å²) in [7, 11) is 0. The molecule has 3 aromatic rings. The molecular formula is C25H23NOS2. The molecule has 0 aromatic heterocycles. The minimum atomic E-state index is -0.335. The van der Waals surface area contributed by atoms with Crippen molar-refractivity contribution in [1.29, 1.82) is 0 Å². The Morgan fingerprint density at radius 1 is 0.724 bits per heavy atom. The van der Waals surface area contributed by atoms with Crippen LogP contribution in [0.1, 0.15) is 27.9 Å². The third-order valence-electron chi connectivity index (χ3n) is 5.86. The number of rotatable bonds is 4. The van der Waals surface area contributed by atoms with Crippen LogP contribution in [0.5, 0.6) is 0 Å². The Morgan fingerprint density at radius 2 is 1.24 bits per heavy atom. The second-order valence-corrected chi connectivity index (χ2v) is 10.4. The van der Waals surface area contributed by atoms with Gasteiger partial charge < -0.3 is 4.90 Å². The number of carbonyl (C=O) groups is 1. The fourth-order valence-electron chi connectivity index (χ4n) is 4.44. The minimum Gasteiger partial charge on any atom is -0.322 e. The third kappa shape index (κ3) is 3.01. The first-order valence-corrected chi connectivity index (χ1v) is 12.0. The van der Waals surface area contributed by atoms with Crippen LogP contribution in [0.25, 0.3) is 0 Å². The van der Waals surface area contributed by atoms with Crippen molar-refractivity contribution in [3.05, 3.63) is 108 Å². The second kappa shape index (κ2) is 7.58. The van der Waals surface area contributed by atoms with Crippen LogP contribution in [-0.4, -0.2) is 28.9 Å². The normalized spacial score (nSPS) is 22.8. The highest BCUT2D eigenvalue weighted by atomic mass is 32.2. The highest BCUT2D eigenvalue weighted by Crippen LogP contribution is 2.68. The van der Waals surface area contributed by atoms with E-state index >= 15 is 0 Å². The van der Waals surface area contributed by atoms with E-state index in [0.29, 0.717) is 0 Å². The molecule has 2 heterocycles. The lowest BCUT2D eigenvalue weighted by molar-refractivity contribution is 0.0848. The van der Waals surface area contributed by atoms with Crippen LogP contribution in [0.2, 0.25) is 0 Å². The number of benzene rings is 3. The molecule has 0 radical (unpaired) electrons. The summed E-state index contributed by atoms with van der Waals surface area (Å²) in [5, 5.41) is 0. The van der Waals surface area contributed by atoms with Gasteiger partial charge in [0, 0.05) is 5.56 Å². The van der Waals surface area contributed by atoms with E-state index in [2.05, 4.69) is 65.6 Å². The summed E-state index contributed by atoms with van der Waals surface area (Å²) >= 11 is 4.03. The fraction of sp³-hybridized carbons (Fsp3) is 0.240. The Morgan fingerprint density at radius 3 is 1.83 bits per heavy atom. The predicted molar refractivity (Wildman–Crippen MR) is 123 cm³/mol. The van der Waals surface area contributed by atoms with Gasteiger partial charge in [0.25, 0.3) is 5.91 Å². The van der Waals surface area contributed by atoms with Crippen molar-refractivity contribution in [2.24, 2.45) is 0 Å².